The van der Waals surface area contributed by atoms with Crippen LogP contribution in [0.3, 0.4) is 0 Å². The normalized spacial score (nSPS) is 14.5. The van der Waals surface area contributed by atoms with Crippen molar-refractivity contribution >= 4 is 0 Å². The maximum absolute atomic E-state index is 13.2. The maximum Gasteiger partial charge on any atom is 0.138 e. The molecule has 0 saturated carbocycles. The summed E-state index contributed by atoms with van der Waals surface area (Å²) in [6, 6.07) is 6.81. The molecule has 2 rings (SSSR count). The molecule has 108 valence electrons. The SMILES string of the molecule is CC(C)n1ncnc1CC(C)(N)Cc1cccc(F)c1. The van der Waals surface area contributed by atoms with Crippen molar-refractivity contribution < 1.29 is 4.39 Å². The van der Waals surface area contributed by atoms with Gasteiger partial charge < -0.3 is 5.73 Å². The Morgan fingerprint density at radius 3 is 2.75 bits per heavy atom. The van der Waals surface area contributed by atoms with Crippen LogP contribution in [0.4, 0.5) is 4.39 Å². The average molecular weight is 276 g/mol. The van der Waals surface area contributed by atoms with Crippen LogP contribution in [0.2, 0.25) is 0 Å². The Bertz CT molecular complexity index is 575. The van der Waals surface area contributed by atoms with Gasteiger partial charge in [0, 0.05) is 18.0 Å². The smallest absolute Gasteiger partial charge is 0.138 e. The van der Waals surface area contributed by atoms with Crippen LogP contribution in [0, 0.1) is 5.82 Å². The number of nitrogens with zero attached hydrogens (tertiary/aromatic N) is 3. The summed E-state index contributed by atoms with van der Waals surface area (Å²) in [7, 11) is 0. The van der Waals surface area contributed by atoms with Crippen molar-refractivity contribution in [1.29, 1.82) is 0 Å². The summed E-state index contributed by atoms with van der Waals surface area (Å²) in [5.41, 5.74) is 6.76. The minimum absolute atomic E-state index is 0.233. The molecular formula is C15H21FN4. The summed E-state index contributed by atoms with van der Waals surface area (Å²) in [5.74, 6) is 0.630. The third kappa shape index (κ3) is 3.63. The van der Waals surface area contributed by atoms with Crippen LogP contribution in [-0.4, -0.2) is 20.3 Å². The Morgan fingerprint density at radius 1 is 1.35 bits per heavy atom. The van der Waals surface area contributed by atoms with E-state index in [1.807, 2.05) is 17.7 Å². The van der Waals surface area contributed by atoms with E-state index in [4.69, 9.17) is 5.73 Å². The second-order valence-corrected chi connectivity index (χ2v) is 5.85. The van der Waals surface area contributed by atoms with Crippen LogP contribution in [0.15, 0.2) is 30.6 Å². The fourth-order valence-corrected chi connectivity index (χ4v) is 2.37. The summed E-state index contributed by atoms with van der Waals surface area (Å²) >= 11 is 0. The van der Waals surface area contributed by atoms with Gasteiger partial charge in [0.1, 0.15) is 18.0 Å². The van der Waals surface area contributed by atoms with E-state index >= 15 is 0 Å². The van der Waals surface area contributed by atoms with Gasteiger partial charge in [0.2, 0.25) is 0 Å². The van der Waals surface area contributed by atoms with E-state index in [1.165, 1.54) is 12.1 Å². The van der Waals surface area contributed by atoms with Crippen LogP contribution in [0.1, 0.15) is 38.2 Å². The lowest BCUT2D eigenvalue weighted by Gasteiger charge is -2.25. The van der Waals surface area contributed by atoms with Gasteiger partial charge in [-0.3, -0.25) is 0 Å². The second-order valence-electron chi connectivity index (χ2n) is 5.85. The third-order valence-corrected chi connectivity index (χ3v) is 3.20. The van der Waals surface area contributed by atoms with E-state index in [2.05, 4.69) is 23.9 Å². The highest BCUT2D eigenvalue weighted by atomic mass is 19.1. The lowest BCUT2D eigenvalue weighted by atomic mass is 9.90. The molecular weight excluding hydrogens is 255 g/mol. The molecule has 0 saturated heterocycles. The van der Waals surface area contributed by atoms with Crippen LogP contribution >= 0.6 is 0 Å². The monoisotopic (exact) mass is 276 g/mol. The molecule has 0 radical (unpaired) electrons. The molecule has 20 heavy (non-hydrogen) atoms. The molecule has 0 aliphatic heterocycles. The van der Waals surface area contributed by atoms with E-state index in [9.17, 15) is 4.39 Å². The highest BCUT2D eigenvalue weighted by Gasteiger charge is 2.23. The predicted octanol–water partition coefficient (Wildman–Crippen LogP) is 2.50. The first-order valence-corrected chi connectivity index (χ1v) is 6.79. The first-order valence-electron chi connectivity index (χ1n) is 6.79. The zero-order valence-electron chi connectivity index (χ0n) is 12.2. The Morgan fingerprint density at radius 2 is 2.10 bits per heavy atom. The van der Waals surface area contributed by atoms with Crippen LogP contribution in [0.25, 0.3) is 0 Å². The Kier molecular flexibility index (Phi) is 4.18. The zero-order chi connectivity index (χ0) is 14.8. The van der Waals surface area contributed by atoms with Crippen molar-refractivity contribution in [2.24, 2.45) is 5.73 Å². The summed E-state index contributed by atoms with van der Waals surface area (Å²) < 4.78 is 15.1. The first-order chi connectivity index (χ1) is 9.37. The molecule has 1 atom stereocenters. The summed E-state index contributed by atoms with van der Waals surface area (Å²) in [6.07, 6.45) is 2.74. The number of rotatable bonds is 5. The van der Waals surface area contributed by atoms with Gasteiger partial charge in [0.25, 0.3) is 0 Å². The Hall–Kier alpha value is -1.75. The molecule has 2 aromatic rings. The predicted molar refractivity (Wildman–Crippen MR) is 76.8 cm³/mol. The van der Waals surface area contributed by atoms with Gasteiger partial charge in [-0.1, -0.05) is 12.1 Å². The van der Waals surface area contributed by atoms with Gasteiger partial charge >= 0.3 is 0 Å². The number of hydrogen-bond donors (Lipinski definition) is 1. The highest BCUT2D eigenvalue weighted by Crippen LogP contribution is 2.17. The van der Waals surface area contributed by atoms with Crippen LogP contribution in [-0.2, 0) is 12.8 Å². The van der Waals surface area contributed by atoms with Crippen molar-refractivity contribution in [3.05, 3.63) is 47.8 Å². The minimum Gasteiger partial charge on any atom is -0.325 e. The fraction of sp³-hybridized carbons (Fsp3) is 0.467. The van der Waals surface area contributed by atoms with Gasteiger partial charge in [-0.25, -0.2) is 14.1 Å². The summed E-state index contributed by atoms with van der Waals surface area (Å²) in [4.78, 5) is 4.28. The van der Waals surface area contributed by atoms with Gasteiger partial charge in [0.05, 0.1) is 0 Å². The number of aromatic nitrogens is 3. The molecule has 5 heteroatoms. The number of nitrogens with two attached hydrogens (primary N) is 1. The lowest BCUT2D eigenvalue weighted by molar-refractivity contribution is 0.418. The minimum atomic E-state index is -0.493. The lowest BCUT2D eigenvalue weighted by Crippen LogP contribution is -2.42. The van der Waals surface area contributed by atoms with E-state index in [1.54, 1.807) is 12.4 Å². The third-order valence-electron chi connectivity index (χ3n) is 3.20. The molecule has 0 aliphatic carbocycles. The van der Waals surface area contributed by atoms with Crippen molar-refractivity contribution in [2.45, 2.75) is 45.2 Å². The molecule has 2 N–H and O–H groups in total. The van der Waals surface area contributed by atoms with Gasteiger partial charge in [0.15, 0.2) is 0 Å². The Labute approximate surface area is 118 Å². The molecule has 0 spiro atoms. The summed E-state index contributed by atoms with van der Waals surface area (Å²) in [6.45, 7) is 6.06. The molecule has 4 nitrogen and oxygen atoms in total. The number of halogens is 1. The molecule has 1 aromatic heterocycles. The quantitative estimate of drug-likeness (QED) is 0.913. The van der Waals surface area contributed by atoms with Crippen LogP contribution in [0.5, 0.6) is 0 Å². The number of hydrogen-bond acceptors (Lipinski definition) is 3. The van der Waals surface area contributed by atoms with E-state index in [0.717, 1.165) is 11.4 Å². The summed E-state index contributed by atoms with van der Waals surface area (Å²) in [5, 5.41) is 4.21. The van der Waals surface area contributed by atoms with E-state index < -0.39 is 5.54 Å². The van der Waals surface area contributed by atoms with Gasteiger partial charge in [-0.15, -0.1) is 0 Å². The maximum atomic E-state index is 13.2. The Balaban J connectivity index is 2.12. The molecule has 0 aliphatic rings. The highest BCUT2D eigenvalue weighted by molar-refractivity contribution is 5.19. The van der Waals surface area contributed by atoms with Crippen LogP contribution < -0.4 is 5.73 Å². The van der Waals surface area contributed by atoms with Gasteiger partial charge in [-0.05, 0) is 44.9 Å². The molecule has 1 unspecified atom stereocenters. The van der Waals surface area contributed by atoms with Crippen molar-refractivity contribution in [3.63, 3.8) is 0 Å². The zero-order valence-corrected chi connectivity index (χ0v) is 12.2. The van der Waals surface area contributed by atoms with E-state index in [0.29, 0.717) is 12.8 Å². The average Bonchev–Trinajstić information content (AvgIpc) is 2.75. The second kappa shape index (κ2) is 5.71. The first kappa shape index (κ1) is 14.7. The largest absolute Gasteiger partial charge is 0.325 e. The standard InChI is InChI=1S/C15H21FN4/c1-11(2)20-14(18-10-19-20)9-15(3,17)8-12-5-4-6-13(16)7-12/h4-7,10-11H,8-9,17H2,1-3H3. The van der Waals surface area contributed by atoms with E-state index in [-0.39, 0.29) is 11.9 Å². The number of benzene rings is 1. The molecule has 0 amide bonds. The fourth-order valence-electron chi connectivity index (χ4n) is 2.37. The molecule has 0 bridgehead atoms. The van der Waals surface area contributed by atoms with Crippen molar-refractivity contribution in [3.8, 4) is 0 Å². The van der Waals surface area contributed by atoms with Crippen molar-refractivity contribution in [1.82, 2.24) is 14.8 Å². The molecule has 0 fully saturated rings. The van der Waals surface area contributed by atoms with Crippen molar-refractivity contribution in [2.75, 3.05) is 0 Å². The molecule has 1 aromatic carbocycles. The topological polar surface area (TPSA) is 56.7 Å². The molecule has 1 heterocycles. The van der Waals surface area contributed by atoms with Gasteiger partial charge in [-0.2, -0.15) is 5.10 Å².